The first kappa shape index (κ1) is 19.1. The zero-order valence-corrected chi connectivity index (χ0v) is 13.9. The summed E-state index contributed by atoms with van der Waals surface area (Å²) in [6.07, 6.45) is -3.53. The second-order valence-corrected chi connectivity index (χ2v) is 5.82. The third kappa shape index (κ3) is 5.65. The van der Waals surface area contributed by atoms with Crippen LogP contribution in [0.1, 0.15) is 37.8 Å². The Kier molecular flexibility index (Phi) is 6.27. The normalized spacial score (nSPS) is 17.4. The van der Waals surface area contributed by atoms with Gasteiger partial charge in [0.2, 0.25) is 11.8 Å². The summed E-state index contributed by atoms with van der Waals surface area (Å²) in [5.41, 5.74) is 0.921. The zero-order chi connectivity index (χ0) is 18.4. The van der Waals surface area contributed by atoms with Crippen LogP contribution < -0.4 is 10.1 Å². The molecule has 1 aromatic rings. The molecular formula is C17H21F3N2O3. The second kappa shape index (κ2) is 8.22. The first-order chi connectivity index (χ1) is 11.8. The van der Waals surface area contributed by atoms with Crippen LogP contribution in [0.4, 0.5) is 13.2 Å². The van der Waals surface area contributed by atoms with Gasteiger partial charge in [-0.05, 0) is 37.5 Å². The number of benzene rings is 1. The van der Waals surface area contributed by atoms with Crippen molar-refractivity contribution in [2.45, 2.75) is 38.4 Å². The Morgan fingerprint density at radius 2 is 1.96 bits per heavy atom. The van der Waals surface area contributed by atoms with Crippen molar-refractivity contribution in [1.82, 2.24) is 10.2 Å². The Labute approximate surface area is 144 Å². The molecule has 0 aliphatic carbocycles. The molecule has 0 aromatic heterocycles. The maximum atomic E-state index is 12.3. The number of nitrogens with zero attached hydrogens (tertiary/aromatic N) is 1. The molecule has 0 radical (unpaired) electrons. The number of alkyl halides is 3. The smallest absolute Gasteiger partial charge is 0.405 e. The number of carbonyl (C=O) groups excluding carboxylic acids is 2. The van der Waals surface area contributed by atoms with E-state index in [9.17, 15) is 22.8 Å². The molecule has 0 bridgehead atoms. The number of likely N-dealkylation sites (tertiary alicyclic amines) is 1. The van der Waals surface area contributed by atoms with E-state index in [0.717, 1.165) is 24.2 Å². The highest BCUT2D eigenvalue weighted by Crippen LogP contribution is 2.33. The average Bonchev–Trinajstić information content (AvgIpc) is 3.03. The lowest BCUT2D eigenvalue weighted by atomic mass is 10.0. The number of ether oxygens (including phenoxy) is 1. The van der Waals surface area contributed by atoms with E-state index in [1.807, 2.05) is 31.2 Å². The fraction of sp³-hybridized carbons (Fsp3) is 0.529. The minimum atomic E-state index is -4.49. The van der Waals surface area contributed by atoms with Crippen LogP contribution in [0.15, 0.2) is 24.3 Å². The van der Waals surface area contributed by atoms with Crippen LogP contribution in [0.3, 0.4) is 0 Å². The van der Waals surface area contributed by atoms with Gasteiger partial charge in [0.25, 0.3) is 0 Å². The molecule has 1 N–H and O–H groups in total. The molecule has 1 fully saturated rings. The highest BCUT2D eigenvalue weighted by molar-refractivity contribution is 5.97. The third-order valence-corrected chi connectivity index (χ3v) is 3.95. The van der Waals surface area contributed by atoms with Crippen LogP contribution in [0.25, 0.3) is 0 Å². The molecule has 1 aliphatic heterocycles. The van der Waals surface area contributed by atoms with Gasteiger partial charge in [-0.15, -0.1) is 0 Å². The first-order valence-corrected chi connectivity index (χ1v) is 8.16. The summed E-state index contributed by atoms with van der Waals surface area (Å²) in [7, 11) is 0. The van der Waals surface area contributed by atoms with E-state index in [4.69, 9.17) is 4.74 Å². The van der Waals surface area contributed by atoms with E-state index in [0.29, 0.717) is 13.2 Å². The topological polar surface area (TPSA) is 58.6 Å². The van der Waals surface area contributed by atoms with Gasteiger partial charge in [0.1, 0.15) is 18.7 Å². The Hall–Kier alpha value is -2.25. The van der Waals surface area contributed by atoms with Crippen molar-refractivity contribution < 1.29 is 27.5 Å². The average molecular weight is 358 g/mol. The molecule has 1 aromatic carbocycles. The van der Waals surface area contributed by atoms with Crippen molar-refractivity contribution in [2.75, 3.05) is 19.7 Å². The van der Waals surface area contributed by atoms with E-state index in [-0.39, 0.29) is 6.04 Å². The quantitative estimate of drug-likeness (QED) is 0.796. The fourth-order valence-electron chi connectivity index (χ4n) is 2.86. The molecule has 5 nitrogen and oxygen atoms in total. The minimum Gasteiger partial charge on any atom is -0.494 e. The van der Waals surface area contributed by atoms with Gasteiger partial charge >= 0.3 is 6.18 Å². The summed E-state index contributed by atoms with van der Waals surface area (Å²) in [6.45, 7) is 1.50. The number of halogens is 3. The van der Waals surface area contributed by atoms with Crippen LogP contribution in [0.5, 0.6) is 5.75 Å². The molecule has 25 heavy (non-hydrogen) atoms. The van der Waals surface area contributed by atoms with Crippen LogP contribution in [0.2, 0.25) is 0 Å². The van der Waals surface area contributed by atoms with Gasteiger partial charge in [0.15, 0.2) is 0 Å². The third-order valence-electron chi connectivity index (χ3n) is 3.95. The lowest BCUT2D eigenvalue weighted by Gasteiger charge is -2.25. The van der Waals surface area contributed by atoms with Gasteiger partial charge in [0.05, 0.1) is 12.6 Å². The lowest BCUT2D eigenvalue weighted by Crippen LogP contribution is -2.38. The SMILES string of the molecule is CCOc1ccc(C2CCCN2C(=O)CC(=O)NCC(F)(F)F)cc1. The predicted octanol–water partition coefficient (Wildman–Crippen LogP) is 2.82. The van der Waals surface area contributed by atoms with Crippen molar-refractivity contribution in [3.05, 3.63) is 29.8 Å². The molecule has 8 heteroatoms. The van der Waals surface area contributed by atoms with E-state index in [2.05, 4.69) is 0 Å². The first-order valence-electron chi connectivity index (χ1n) is 8.16. The van der Waals surface area contributed by atoms with E-state index < -0.39 is 31.0 Å². The molecule has 1 heterocycles. The molecule has 0 saturated carbocycles. The van der Waals surface area contributed by atoms with Gasteiger partial charge in [-0.3, -0.25) is 9.59 Å². The molecule has 0 spiro atoms. The van der Waals surface area contributed by atoms with Crippen molar-refractivity contribution in [3.8, 4) is 5.75 Å². The molecule has 138 valence electrons. The van der Waals surface area contributed by atoms with Gasteiger partial charge in [-0.1, -0.05) is 12.1 Å². The van der Waals surface area contributed by atoms with Gasteiger partial charge in [-0.25, -0.2) is 0 Å². The van der Waals surface area contributed by atoms with Crippen molar-refractivity contribution in [1.29, 1.82) is 0 Å². The summed E-state index contributed by atoms with van der Waals surface area (Å²) in [5, 5.41) is 1.73. The van der Waals surface area contributed by atoms with E-state index >= 15 is 0 Å². The summed E-state index contributed by atoms with van der Waals surface area (Å²) >= 11 is 0. The highest BCUT2D eigenvalue weighted by atomic mass is 19.4. The maximum Gasteiger partial charge on any atom is 0.405 e. The Balaban J connectivity index is 1.95. The molecule has 1 unspecified atom stereocenters. The van der Waals surface area contributed by atoms with Crippen LogP contribution in [-0.4, -0.2) is 42.6 Å². The maximum absolute atomic E-state index is 12.3. The number of amides is 2. The summed E-state index contributed by atoms with van der Waals surface area (Å²) in [4.78, 5) is 25.4. The zero-order valence-electron chi connectivity index (χ0n) is 13.9. The number of carbonyl (C=O) groups is 2. The number of hydrogen-bond acceptors (Lipinski definition) is 3. The largest absolute Gasteiger partial charge is 0.494 e. The minimum absolute atomic E-state index is 0.168. The molecule has 1 atom stereocenters. The van der Waals surface area contributed by atoms with Crippen molar-refractivity contribution >= 4 is 11.8 Å². The molecule has 2 rings (SSSR count). The van der Waals surface area contributed by atoms with Crippen LogP contribution in [-0.2, 0) is 9.59 Å². The fourth-order valence-corrected chi connectivity index (χ4v) is 2.86. The number of rotatable bonds is 6. The van der Waals surface area contributed by atoms with Gasteiger partial charge in [-0.2, -0.15) is 13.2 Å². The molecule has 2 amide bonds. The van der Waals surface area contributed by atoms with Crippen LogP contribution in [0, 0.1) is 0 Å². The number of nitrogens with one attached hydrogen (secondary N) is 1. The van der Waals surface area contributed by atoms with Crippen molar-refractivity contribution in [3.63, 3.8) is 0 Å². The lowest BCUT2D eigenvalue weighted by molar-refractivity contribution is -0.143. The summed E-state index contributed by atoms with van der Waals surface area (Å²) in [6, 6.07) is 7.19. The second-order valence-electron chi connectivity index (χ2n) is 5.82. The van der Waals surface area contributed by atoms with E-state index in [1.54, 1.807) is 10.2 Å². The predicted molar refractivity (Wildman–Crippen MR) is 85.0 cm³/mol. The summed E-state index contributed by atoms with van der Waals surface area (Å²) < 4.78 is 41.7. The summed E-state index contributed by atoms with van der Waals surface area (Å²) in [5.74, 6) is -0.649. The van der Waals surface area contributed by atoms with Gasteiger partial charge < -0.3 is 15.0 Å². The number of hydrogen-bond donors (Lipinski definition) is 1. The highest BCUT2D eigenvalue weighted by Gasteiger charge is 2.32. The Morgan fingerprint density at radius 1 is 1.28 bits per heavy atom. The Bertz CT molecular complexity index is 602. The monoisotopic (exact) mass is 358 g/mol. The van der Waals surface area contributed by atoms with E-state index in [1.165, 1.54) is 0 Å². The molecule has 1 aliphatic rings. The Morgan fingerprint density at radius 3 is 2.56 bits per heavy atom. The van der Waals surface area contributed by atoms with Crippen molar-refractivity contribution in [2.24, 2.45) is 0 Å². The molecule has 1 saturated heterocycles. The molecular weight excluding hydrogens is 337 g/mol. The van der Waals surface area contributed by atoms with Gasteiger partial charge in [0, 0.05) is 6.54 Å². The van der Waals surface area contributed by atoms with Crippen LogP contribution >= 0.6 is 0 Å². The standard InChI is InChI=1S/C17H21F3N2O3/c1-2-25-13-7-5-12(6-8-13)14-4-3-9-22(14)16(24)10-15(23)21-11-17(18,19)20/h5-8,14H,2-4,9-11H2,1H3,(H,21,23).